The molecule has 0 heterocycles. The van der Waals surface area contributed by atoms with Gasteiger partial charge in [0.05, 0.1) is 0 Å². The molecule has 0 spiro atoms. The first-order valence-corrected chi connectivity index (χ1v) is 12.5. The van der Waals surface area contributed by atoms with Crippen LogP contribution in [0.2, 0.25) is 0 Å². The summed E-state index contributed by atoms with van der Waals surface area (Å²) in [4.78, 5) is 39.4. The number of benzene rings is 3. The van der Waals surface area contributed by atoms with Crippen LogP contribution in [-0.2, 0) is 30.6 Å². The Morgan fingerprint density at radius 1 is 0.486 bits per heavy atom. The molecule has 3 aliphatic rings. The number of Topliss-reactive ketones (excluding diaryl/α,β-unsaturated/α-hetero) is 3. The summed E-state index contributed by atoms with van der Waals surface area (Å²) in [6.07, 6.45) is 1.01. The SMILES string of the molecule is CC(=O)CC12c3ccccc3C3(CC(C)=O)c4ccccc4C(CC(C)=O)(c4ccccc41)C23C. The fraction of sp³-hybridized carbons (Fsp3) is 0.344. The van der Waals surface area contributed by atoms with Crippen molar-refractivity contribution < 1.29 is 14.4 Å². The number of ketones is 3. The number of carbonyl (C=O) groups excluding carboxylic acids is 3. The van der Waals surface area contributed by atoms with Gasteiger partial charge in [-0.1, -0.05) is 79.7 Å². The first-order chi connectivity index (χ1) is 16.7. The Hall–Kier alpha value is -3.33. The molecule has 0 fully saturated rings. The largest absolute Gasteiger partial charge is 0.300 e. The summed E-state index contributed by atoms with van der Waals surface area (Å²) in [6.45, 7) is 7.28. The van der Waals surface area contributed by atoms with E-state index in [4.69, 9.17) is 0 Å². The average molecular weight is 463 g/mol. The monoisotopic (exact) mass is 462 g/mol. The molecule has 3 aromatic rings. The summed E-state index contributed by atoms with van der Waals surface area (Å²) >= 11 is 0. The van der Waals surface area contributed by atoms with E-state index >= 15 is 0 Å². The Morgan fingerprint density at radius 2 is 0.686 bits per heavy atom. The molecule has 0 saturated carbocycles. The van der Waals surface area contributed by atoms with Crippen LogP contribution >= 0.6 is 0 Å². The highest BCUT2D eigenvalue weighted by atomic mass is 16.1. The number of hydrogen-bond donors (Lipinski definition) is 0. The summed E-state index contributed by atoms with van der Waals surface area (Å²) in [6, 6.07) is 25.2. The van der Waals surface area contributed by atoms with E-state index in [-0.39, 0.29) is 17.3 Å². The standard InChI is InChI=1S/C32H30O3/c1-20(33)17-30-23-11-5-7-13-25(23)31(18-21(2)34)27-15-9-10-16-28(27)32(19-22(3)35,29(30,31)4)26-14-8-6-12-24(26)30/h5-16H,17-19H2,1-4H3. The molecule has 0 aliphatic heterocycles. The van der Waals surface area contributed by atoms with E-state index < -0.39 is 21.7 Å². The van der Waals surface area contributed by atoms with Crippen LogP contribution in [0, 0.1) is 5.41 Å². The maximum atomic E-state index is 13.1. The number of hydrogen-bond acceptors (Lipinski definition) is 3. The van der Waals surface area contributed by atoms with Gasteiger partial charge in [0, 0.05) is 40.9 Å². The van der Waals surface area contributed by atoms with Gasteiger partial charge in [-0.15, -0.1) is 0 Å². The number of carbonyl (C=O) groups is 3. The highest BCUT2D eigenvalue weighted by Gasteiger charge is 2.83. The molecule has 35 heavy (non-hydrogen) atoms. The molecule has 0 aromatic heterocycles. The smallest absolute Gasteiger partial charge is 0.131 e. The third-order valence-corrected chi connectivity index (χ3v) is 9.64. The van der Waals surface area contributed by atoms with Crippen molar-refractivity contribution in [1.29, 1.82) is 0 Å². The van der Waals surface area contributed by atoms with E-state index in [2.05, 4.69) is 43.3 Å². The first-order valence-electron chi connectivity index (χ1n) is 12.5. The van der Waals surface area contributed by atoms with Gasteiger partial charge >= 0.3 is 0 Å². The molecule has 0 atom stereocenters. The molecule has 0 saturated heterocycles. The third kappa shape index (κ3) is 2.17. The van der Waals surface area contributed by atoms with Gasteiger partial charge < -0.3 is 0 Å². The fourth-order valence-corrected chi connectivity index (χ4v) is 9.05. The zero-order valence-electron chi connectivity index (χ0n) is 20.8. The van der Waals surface area contributed by atoms with Gasteiger partial charge in [0.1, 0.15) is 17.3 Å². The maximum Gasteiger partial charge on any atom is 0.131 e. The molecular formula is C32H30O3. The lowest BCUT2D eigenvalue weighted by atomic mass is 9.47. The summed E-state index contributed by atoms with van der Waals surface area (Å²) in [5.74, 6) is 0.345. The lowest BCUT2D eigenvalue weighted by Gasteiger charge is -2.52. The third-order valence-electron chi connectivity index (χ3n) is 9.64. The summed E-state index contributed by atoms with van der Waals surface area (Å²) in [5, 5.41) is 0. The van der Waals surface area contributed by atoms with Gasteiger partial charge in [0.15, 0.2) is 0 Å². The van der Waals surface area contributed by atoms with Crippen molar-refractivity contribution in [3.05, 3.63) is 106 Å². The summed E-state index contributed by atoms with van der Waals surface area (Å²) in [7, 11) is 0. The van der Waals surface area contributed by atoms with Crippen LogP contribution in [0.3, 0.4) is 0 Å². The molecule has 3 aromatic carbocycles. The zero-order valence-corrected chi connectivity index (χ0v) is 20.8. The van der Waals surface area contributed by atoms with Gasteiger partial charge in [-0.25, -0.2) is 0 Å². The van der Waals surface area contributed by atoms with Gasteiger partial charge in [0.25, 0.3) is 0 Å². The Labute approximate surface area is 206 Å². The second-order valence-corrected chi connectivity index (χ2v) is 11.1. The minimum Gasteiger partial charge on any atom is -0.300 e. The minimum absolute atomic E-state index is 0.115. The van der Waals surface area contributed by atoms with Crippen LogP contribution in [0.5, 0.6) is 0 Å². The second-order valence-electron chi connectivity index (χ2n) is 11.1. The van der Waals surface area contributed by atoms with Gasteiger partial charge in [0.2, 0.25) is 0 Å². The second kappa shape index (κ2) is 6.87. The van der Waals surface area contributed by atoms with E-state index in [0.29, 0.717) is 19.3 Å². The van der Waals surface area contributed by atoms with Crippen LogP contribution in [0.4, 0.5) is 0 Å². The average Bonchev–Trinajstić information content (AvgIpc) is 3.21. The molecule has 3 aliphatic carbocycles. The minimum atomic E-state index is -0.643. The van der Waals surface area contributed by atoms with Gasteiger partial charge in [-0.05, 0) is 54.2 Å². The molecule has 0 N–H and O–H groups in total. The highest BCUT2D eigenvalue weighted by Crippen LogP contribution is 2.84. The fourth-order valence-electron chi connectivity index (χ4n) is 9.05. The van der Waals surface area contributed by atoms with E-state index in [0.717, 1.165) is 33.4 Å². The zero-order chi connectivity index (χ0) is 24.8. The highest BCUT2D eigenvalue weighted by molar-refractivity contribution is 5.90. The van der Waals surface area contributed by atoms with Crippen LogP contribution in [0.25, 0.3) is 0 Å². The Balaban J connectivity index is 1.92. The molecule has 6 rings (SSSR count). The predicted octanol–water partition coefficient (Wildman–Crippen LogP) is 5.83. The quantitative estimate of drug-likeness (QED) is 0.463. The van der Waals surface area contributed by atoms with E-state index in [1.54, 1.807) is 20.8 Å². The normalized spacial score (nSPS) is 30.9. The van der Waals surface area contributed by atoms with E-state index in [1.165, 1.54) is 0 Å². The lowest BCUT2D eigenvalue weighted by molar-refractivity contribution is -0.121. The van der Waals surface area contributed by atoms with Crippen molar-refractivity contribution in [2.75, 3.05) is 0 Å². The molecule has 176 valence electrons. The van der Waals surface area contributed by atoms with Crippen molar-refractivity contribution in [3.63, 3.8) is 0 Å². The Bertz CT molecular complexity index is 1200. The van der Waals surface area contributed by atoms with Gasteiger partial charge in [-0.2, -0.15) is 0 Å². The Morgan fingerprint density at radius 3 is 0.857 bits per heavy atom. The van der Waals surface area contributed by atoms with Crippen LogP contribution in [0.15, 0.2) is 72.8 Å². The van der Waals surface area contributed by atoms with Crippen LogP contribution in [0.1, 0.15) is 80.3 Å². The van der Waals surface area contributed by atoms with Gasteiger partial charge in [-0.3, -0.25) is 14.4 Å². The number of fused-ring (bicyclic) bond motifs is 9. The molecule has 0 unspecified atom stereocenters. The van der Waals surface area contributed by atoms with Crippen molar-refractivity contribution in [2.45, 2.75) is 63.2 Å². The van der Waals surface area contributed by atoms with Crippen molar-refractivity contribution in [3.8, 4) is 0 Å². The Kier molecular flexibility index (Phi) is 4.35. The topological polar surface area (TPSA) is 51.2 Å². The molecule has 0 bridgehead atoms. The van der Waals surface area contributed by atoms with E-state index in [9.17, 15) is 14.4 Å². The first kappa shape index (κ1) is 22.2. The van der Waals surface area contributed by atoms with Crippen LogP contribution in [-0.4, -0.2) is 17.3 Å². The van der Waals surface area contributed by atoms with Crippen LogP contribution < -0.4 is 0 Å². The maximum absolute atomic E-state index is 13.1. The molecule has 0 radical (unpaired) electrons. The molecular weight excluding hydrogens is 432 g/mol. The van der Waals surface area contributed by atoms with Crippen molar-refractivity contribution >= 4 is 17.3 Å². The molecule has 3 heteroatoms. The van der Waals surface area contributed by atoms with E-state index in [1.807, 2.05) is 36.4 Å². The summed E-state index contributed by atoms with van der Waals surface area (Å²) < 4.78 is 0. The molecule has 3 nitrogen and oxygen atoms in total. The predicted molar refractivity (Wildman–Crippen MR) is 136 cm³/mol. The summed E-state index contributed by atoms with van der Waals surface area (Å²) in [5.41, 5.74) is 4.24. The lowest BCUT2D eigenvalue weighted by Crippen LogP contribution is -2.56. The molecule has 0 amide bonds. The number of rotatable bonds is 6. The van der Waals surface area contributed by atoms with Crippen molar-refractivity contribution in [1.82, 2.24) is 0 Å². The van der Waals surface area contributed by atoms with Crippen molar-refractivity contribution in [2.24, 2.45) is 5.41 Å².